The molecule has 7 heteroatoms. The van der Waals surface area contributed by atoms with Crippen molar-refractivity contribution in [3.63, 3.8) is 0 Å². The minimum Gasteiger partial charge on any atom is -0.347 e. The number of carbonyl (C=O) groups excluding carboxylic acids is 2. The molecule has 4 unspecified atom stereocenters. The van der Waals surface area contributed by atoms with Crippen molar-refractivity contribution in [3.05, 3.63) is 35.4 Å². The maximum absolute atomic E-state index is 12.7. The van der Waals surface area contributed by atoms with Crippen LogP contribution in [0.15, 0.2) is 24.3 Å². The van der Waals surface area contributed by atoms with E-state index < -0.39 is 0 Å². The lowest BCUT2D eigenvalue weighted by molar-refractivity contribution is -0.124. The van der Waals surface area contributed by atoms with Crippen molar-refractivity contribution >= 4 is 18.2 Å². The summed E-state index contributed by atoms with van der Waals surface area (Å²) in [6.45, 7) is 5.53. The van der Waals surface area contributed by atoms with Crippen molar-refractivity contribution in [3.8, 4) is 0 Å². The molecular weight excluding hydrogens is 402 g/mol. The normalized spacial score (nSPS) is 26.2. The van der Waals surface area contributed by atoms with Gasteiger partial charge in [0.25, 0.3) is 0 Å². The van der Waals surface area contributed by atoms with Crippen molar-refractivity contribution in [2.24, 2.45) is 5.92 Å². The van der Waals surface area contributed by atoms with Gasteiger partial charge in [0.2, 0.25) is 5.91 Å². The molecule has 174 valence electrons. The first-order valence-electron chi connectivity index (χ1n) is 12.1. The van der Waals surface area contributed by atoms with Gasteiger partial charge < -0.3 is 26.3 Å². The van der Waals surface area contributed by atoms with E-state index in [2.05, 4.69) is 40.2 Å². The van der Waals surface area contributed by atoms with Crippen molar-refractivity contribution in [2.45, 2.75) is 82.5 Å². The monoisotopic (exact) mass is 439 g/mol. The zero-order valence-electron chi connectivity index (χ0n) is 19.3. The van der Waals surface area contributed by atoms with Gasteiger partial charge in [0.15, 0.2) is 0 Å². The highest BCUT2D eigenvalue weighted by Gasteiger charge is 2.42. The number of hydrogen-bond donors (Lipinski definition) is 4. The summed E-state index contributed by atoms with van der Waals surface area (Å²) in [5.41, 5.74) is 2.43. The summed E-state index contributed by atoms with van der Waals surface area (Å²) < 4.78 is 0. The van der Waals surface area contributed by atoms with E-state index in [1.807, 2.05) is 18.7 Å². The number of hydrogen-bond acceptors (Lipinski definition) is 4. The second-order valence-electron chi connectivity index (χ2n) is 10.0. The van der Waals surface area contributed by atoms with Crippen LogP contribution < -0.4 is 16.0 Å². The number of fused-ring (bicyclic) bond motifs is 2. The topological polar surface area (TPSA) is 97.3 Å². The van der Waals surface area contributed by atoms with Gasteiger partial charge in [-0.25, -0.2) is 4.79 Å². The fourth-order valence-electron chi connectivity index (χ4n) is 5.51. The number of nitrogens with one attached hydrogen (secondary N) is 4. The molecule has 2 bridgehead atoms. The zero-order valence-corrected chi connectivity index (χ0v) is 19.3. The summed E-state index contributed by atoms with van der Waals surface area (Å²) >= 11 is 0. The molecule has 1 saturated carbocycles. The molecule has 0 spiro atoms. The van der Waals surface area contributed by atoms with Gasteiger partial charge >= 0.3 is 6.03 Å². The fourth-order valence-corrected chi connectivity index (χ4v) is 5.51. The Balaban J connectivity index is 1.26. The molecule has 4 rings (SSSR count). The first-order valence-corrected chi connectivity index (χ1v) is 12.1. The number of rotatable bonds is 7. The Morgan fingerprint density at radius 1 is 1.12 bits per heavy atom. The maximum atomic E-state index is 12.7. The molecule has 2 saturated heterocycles. The van der Waals surface area contributed by atoms with Gasteiger partial charge in [-0.2, -0.15) is 0 Å². The van der Waals surface area contributed by atoms with Crippen LogP contribution in [0, 0.1) is 11.3 Å². The molecule has 1 aromatic carbocycles. The molecule has 4 N–H and O–H groups in total. The van der Waals surface area contributed by atoms with Gasteiger partial charge in [-0.05, 0) is 75.3 Å². The fraction of sp³-hybridized carbons (Fsp3) is 0.640. The maximum Gasteiger partial charge on any atom is 0.317 e. The van der Waals surface area contributed by atoms with E-state index in [9.17, 15) is 9.59 Å². The number of carbonyl (C=O) groups is 2. The van der Waals surface area contributed by atoms with Crippen LogP contribution in [-0.2, 0) is 11.2 Å². The smallest absolute Gasteiger partial charge is 0.317 e. The predicted molar refractivity (Wildman–Crippen MR) is 126 cm³/mol. The molecule has 1 aliphatic carbocycles. The van der Waals surface area contributed by atoms with Gasteiger partial charge in [-0.1, -0.05) is 24.3 Å². The molecule has 0 aromatic heterocycles. The van der Waals surface area contributed by atoms with Crippen LogP contribution in [0.4, 0.5) is 4.79 Å². The molecule has 32 heavy (non-hydrogen) atoms. The lowest BCUT2D eigenvalue weighted by atomic mass is 9.88. The van der Waals surface area contributed by atoms with Crippen LogP contribution >= 0.6 is 0 Å². The quantitative estimate of drug-likeness (QED) is 0.492. The average molecular weight is 440 g/mol. The molecule has 3 amide bonds. The molecule has 3 aliphatic rings. The van der Waals surface area contributed by atoms with Gasteiger partial charge in [-0.15, -0.1) is 0 Å². The molecule has 1 aromatic rings. The van der Waals surface area contributed by atoms with E-state index in [1.165, 1.54) is 18.2 Å². The first-order chi connectivity index (χ1) is 15.4. The van der Waals surface area contributed by atoms with Crippen molar-refractivity contribution < 1.29 is 9.59 Å². The summed E-state index contributed by atoms with van der Waals surface area (Å²) in [6, 6.07) is 8.90. The number of piperidine rings is 2. The molecular formula is C25H37N5O2. The van der Waals surface area contributed by atoms with Crippen LogP contribution in [0.5, 0.6) is 0 Å². The van der Waals surface area contributed by atoms with E-state index in [0.717, 1.165) is 44.3 Å². The number of urea groups is 1. The molecule has 3 fully saturated rings. The number of likely N-dealkylation sites (tertiary alicyclic amines) is 1. The van der Waals surface area contributed by atoms with E-state index >= 15 is 0 Å². The minimum absolute atomic E-state index is 0.0363. The van der Waals surface area contributed by atoms with Crippen LogP contribution in [0.2, 0.25) is 0 Å². The van der Waals surface area contributed by atoms with Crippen LogP contribution in [0.25, 0.3) is 0 Å². The summed E-state index contributed by atoms with van der Waals surface area (Å²) in [6.07, 6.45) is 7.34. The van der Waals surface area contributed by atoms with Crippen molar-refractivity contribution in [1.29, 1.82) is 5.41 Å². The lowest BCUT2D eigenvalue weighted by Crippen LogP contribution is -2.51. The third-order valence-corrected chi connectivity index (χ3v) is 7.27. The second kappa shape index (κ2) is 10.0. The Kier molecular flexibility index (Phi) is 7.13. The highest BCUT2D eigenvalue weighted by molar-refractivity contribution is 5.85. The first kappa shape index (κ1) is 22.8. The molecule has 0 radical (unpaired) electrons. The summed E-state index contributed by atoms with van der Waals surface area (Å²) in [7, 11) is 0. The highest BCUT2D eigenvalue weighted by Crippen LogP contribution is 2.35. The lowest BCUT2D eigenvalue weighted by Gasteiger charge is -2.32. The Labute approximate surface area is 191 Å². The van der Waals surface area contributed by atoms with E-state index in [4.69, 9.17) is 5.41 Å². The summed E-state index contributed by atoms with van der Waals surface area (Å²) in [5.74, 6) is 0.957. The summed E-state index contributed by atoms with van der Waals surface area (Å²) in [5, 5.41) is 17.2. The highest BCUT2D eigenvalue weighted by atomic mass is 16.2. The Morgan fingerprint density at radius 2 is 1.84 bits per heavy atom. The molecule has 4 atom stereocenters. The Hall–Kier alpha value is -2.41. The van der Waals surface area contributed by atoms with Gasteiger partial charge in [-0.3, -0.25) is 4.79 Å². The standard InChI is InChI=1S/C25H37N5O2/c1-16(2)27-25(32)30-11-9-19(10-12-30)18-5-3-17(4-6-18)13-22(15-26)29-24(31)23-20-7-8-21(14-20)28-23/h3-6,15-16,19-23,26,28H,7-14H2,1-2H3,(H,27,32)(H,29,31). The van der Waals surface area contributed by atoms with Gasteiger partial charge in [0, 0.05) is 31.4 Å². The zero-order chi connectivity index (χ0) is 22.7. The Bertz CT molecular complexity index is 816. The van der Waals surface area contributed by atoms with Crippen molar-refractivity contribution in [2.75, 3.05) is 13.1 Å². The van der Waals surface area contributed by atoms with E-state index in [-0.39, 0.29) is 30.1 Å². The summed E-state index contributed by atoms with van der Waals surface area (Å²) in [4.78, 5) is 26.8. The van der Waals surface area contributed by atoms with E-state index in [1.54, 1.807) is 0 Å². The molecule has 2 heterocycles. The number of benzene rings is 1. The third-order valence-electron chi connectivity index (χ3n) is 7.27. The minimum atomic E-state index is -0.281. The van der Waals surface area contributed by atoms with Crippen molar-refractivity contribution in [1.82, 2.24) is 20.9 Å². The van der Waals surface area contributed by atoms with Crippen LogP contribution in [0.3, 0.4) is 0 Å². The third kappa shape index (κ3) is 5.31. The predicted octanol–water partition coefficient (Wildman–Crippen LogP) is 2.80. The average Bonchev–Trinajstić information content (AvgIpc) is 3.43. The molecule has 7 nitrogen and oxygen atoms in total. The number of amides is 3. The van der Waals surface area contributed by atoms with Crippen LogP contribution in [0.1, 0.15) is 63.0 Å². The largest absolute Gasteiger partial charge is 0.347 e. The molecule has 2 aliphatic heterocycles. The van der Waals surface area contributed by atoms with Crippen LogP contribution in [-0.4, -0.2) is 60.3 Å². The van der Waals surface area contributed by atoms with E-state index in [0.29, 0.717) is 24.3 Å². The van der Waals surface area contributed by atoms with Gasteiger partial charge in [0.1, 0.15) is 0 Å². The second-order valence-corrected chi connectivity index (χ2v) is 10.0. The Morgan fingerprint density at radius 3 is 2.41 bits per heavy atom. The SMILES string of the molecule is CC(C)NC(=O)N1CCC(c2ccc(CC(C=N)NC(=O)C3NC4CCC3C4)cc2)CC1. The van der Waals surface area contributed by atoms with Gasteiger partial charge in [0.05, 0.1) is 12.1 Å². The number of nitrogens with zero attached hydrogens (tertiary/aromatic N) is 1.